The second-order valence-corrected chi connectivity index (χ2v) is 7.23. The molecule has 0 saturated heterocycles. The monoisotopic (exact) mass is 399 g/mol. The summed E-state index contributed by atoms with van der Waals surface area (Å²) >= 11 is 0. The number of nitrogens with zero attached hydrogens (tertiary/aromatic N) is 2. The summed E-state index contributed by atoms with van der Waals surface area (Å²) in [5, 5.41) is 19.0. The number of para-hydroxylation sites is 1. The zero-order valence-electron chi connectivity index (χ0n) is 16.7. The Bertz CT molecular complexity index is 991. The van der Waals surface area contributed by atoms with Crippen LogP contribution in [0.4, 0.5) is 5.69 Å². The first-order chi connectivity index (χ1) is 14.8. The molecule has 3 aromatic carbocycles. The lowest BCUT2D eigenvalue weighted by atomic mass is 9.86. The fraction of sp³-hybridized carbons (Fsp3) is 0.200. The summed E-state index contributed by atoms with van der Waals surface area (Å²) in [4.78, 5) is 13.4. The summed E-state index contributed by atoms with van der Waals surface area (Å²) in [6.07, 6.45) is 0.522. The summed E-state index contributed by atoms with van der Waals surface area (Å²) in [6.45, 7) is 0.476. The normalized spacial score (nSPS) is 18.2. The van der Waals surface area contributed by atoms with Crippen molar-refractivity contribution in [2.24, 2.45) is 11.0 Å². The van der Waals surface area contributed by atoms with Gasteiger partial charge in [-0.1, -0.05) is 78.9 Å². The zero-order chi connectivity index (χ0) is 20.8. The summed E-state index contributed by atoms with van der Waals surface area (Å²) in [5.41, 5.74) is 3.64. The Morgan fingerprint density at radius 3 is 2.13 bits per heavy atom. The molecule has 30 heavy (non-hydrogen) atoms. The van der Waals surface area contributed by atoms with Gasteiger partial charge in [0, 0.05) is 13.2 Å². The Balaban J connectivity index is 1.81. The van der Waals surface area contributed by atoms with Crippen LogP contribution in [0.5, 0.6) is 0 Å². The zero-order valence-corrected chi connectivity index (χ0v) is 16.7. The summed E-state index contributed by atoms with van der Waals surface area (Å²) in [5.74, 6) is -0.563. The van der Waals surface area contributed by atoms with E-state index in [2.05, 4.69) is 5.32 Å². The highest BCUT2D eigenvalue weighted by Gasteiger charge is 2.43. The quantitative estimate of drug-likeness (QED) is 0.595. The highest BCUT2D eigenvalue weighted by molar-refractivity contribution is 6.15. The molecule has 2 N–H and O–H groups in total. The number of rotatable bonds is 7. The number of nitrogens with one attached hydrogen (secondary N) is 1. The van der Waals surface area contributed by atoms with E-state index in [1.54, 1.807) is 0 Å². The van der Waals surface area contributed by atoms with Gasteiger partial charge < -0.3 is 10.4 Å². The third-order valence-corrected chi connectivity index (χ3v) is 5.24. The van der Waals surface area contributed by atoms with Gasteiger partial charge in [0.1, 0.15) is 5.92 Å². The van der Waals surface area contributed by atoms with Gasteiger partial charge in [-0.05, 0) is 29.7 Å². The van der Waals surface area contributed by atoms with Crippen molar-refractivity contribution in [2.45, 2.75) is 12.5 Å². The van der Waals surface area contributed by atoms with Crippen LogP contribution in [-0.4, -0.2) is 29.9 Å². The average molecular weight is 399 g/mol. The molecule has 0 spiro atoms. The predicted octanol–water partition coefficient (Wildman–Crippen LogP) is 3.77. The van der Waals surface area contributed by atoms with Crippen LogP contribution in [-0.2, 0) is 4.79 Å². The average Bonchev–Trinajstić information content (AvgIpc) is 3.22. The molecule has 5 heteroatoms. The van der Waals surface area contributed by atoms with Gasteiger partial charge in [0.25, 0.3) is 0 Å². The molecule has 0 radical (unpaired) electrons. The van der Waals surface area contributed by atoms with Crippen LogP contribution in [0, 0.1) is 5.92 Å². The minimum absolute atomic E-state index is 0.0445. The van der Waals surface area contributed by atoms with Crippen LogP contribution < -0.4 is 10.3 Å². The number of aliphatic hydroxyl groups excluding tert-OH is 1. The Morgan fingerprint density at radius 2 is 1.50 bits per heavy atom. The SMILES string of the molecule is O=C(NCCCO)C1C(c2ccccc2)=NN(c2ccccc2)C1c1ccccc1. The smallest absolute Gasteiger partial charge is 0.231 e. The standard InChI is InChI=1S/C25H25N3O2/c29-18-10-17-26-25(30)22-23(19-11-4-1-5-12-19)27-28(21-15-8-3-9-16-21)24(22)20-13-6-2-7-14-20/h1-9,11-16,22,24,29H,10,17-18H2,(H,26,30). The third kappa shape index (κ3) is 4.11. The molecule has 0 aromatic heterocycles. The van der Waals surface area contributed by atoms with E-state index in [4.69, 9.17) is 10.2 Å². The lowest BCUT2D eigenvalue weighted by Crippen LogP contribution is -2.40. The van der Waals surface area contributed by atoms with Gasteiger partial charge in [-0.25, -0.2) is 0 Å². The number of aliphatic hydroxyl groups is 1. The molecule has 0 saturated carbocycles. The fourth-order valence-electron chi connectivity index (χ4n) is 3.83. The lowest BCUT2D eigenvalue weighted by molar-refractivity contribution is -0.123. The number of hydrazone groups is 1. The molecular weight excluding hydrogens is 374 g/mol. The Labute approximate surface area is 176 Å². The van der Waals surface area contributed by atoms with E-state index in [-0.39, 0.29) is 18.6 Å². The Hall–Kier alpha value is -3.44. The van der Waals surface area contributed by atoms with Crippen molar-refractivity contribution in [3.8, 4) is 0 Å². The van der Waals surface area contributed by atoms with Crippen LogP contribution in [0.2, 0.25) is 0 Å². The molecule has 1 amide bonds. The van der Waals surface area contributed by atoms with E-state index in [0.29, 0.717) is 13.0 Å². The van der Waals surface area contributed by atoms with E-state index in [9.17, 15) is 4.79 Å². The van der Waals surface area contributed by atoms with Gasteiger partial charge >= 0.3 is 0 Å². The van der Waals surface area contributed by atoms with Gasteiger partial charge in [-0.3, -0.25) is 9.80 Å². The number of hydrogen-bond donors (Lipinski definition) is 2. The van der Waals surface area contributed by atoms with Crippen molar-refractivity contribution in [1.29, 1.82) is 0 Å². The molecule has 1 aliphatic rings. The molecule has 5 nitrogen and oxygen atoms in total. The Morgan fingerprint density at radius 1 is 0.900 bits per heavy atom. The van der Waals surface area contributed by atoms with Gasteiger partial charge in [0.15, 0.2) is 0 Å². The minimum atomic E-state index is -0.478. The molecule has 2 atom stereocenters. The van der Waals surface area contributed by atoms with Crippen molar-refractivity contribution < 1.29 is 9.90 Å². The molecule has 1 heterocycles. The number of anilines is 1. The Kier molecular flexibility index (Phi) is 6.20. The minimum Gasteiger partial charge on any atom is -0.396 e. The van der Waals surface area contributed by atoms with Gasteiger partial charge in [0.2, 0.25) is 5.91 Å². The fourth-order valence-corrected chi connectivity index (χ4v) is 3.83. The molecule has 0 aliphatic carbocycles. The number of benzene rings is 3. The predicted molar refractivity (Wildman–Crippen MR) is 119 cm³/mol. The van der Waals surface area contributed by atoms with Crippen LogP contribution in [0.15, 0.2) is 96.1 Å². The van der Waals surface area contributed by atoms with Gasteiger partial charge in [-0.2, -0.15) is 5.10 Å². The molecular formula is C25H25N3O2. The summed E-state index contributed by atoms with van der Waals surface area (Å²) < 4.78 is 0. The molecule has 4 rings (SSSR count). The van der Waals surface area contributed by atoms with Crippen molar-refractivity contribution in [1.82, 2.24) is 5.32 Å². The third-order valence-electron chi connectivity index (χ3n) is 5.24. The highest BCUT2D eigenvalue weighted by Crippen LogP contribution is 2.40. The second-order valence-electron chi connectivity index (χ2n) is 7.23. The van der Waals surface area contributed by atoms with E-state index >= 15 is 0 Å². The van der Waals surface area contributed by atoms with E-state index < -0.39 is 5.92 Å². The van der Waals surface area contributed by atoms with Crippen LogP contribution >= 0.6 is 0 Å². The van der Waals surface area contributed by atoms with Gasteiger partial charge in [-0.15, -0.1) is 0 Å². The largest absolute Gasteiger partial charge is 0.396 e. The van der Waals surface area contributed by atoms with Crippen molar-refractivity contribution >= 4 is 17.3 Å². The molecule has 3 aromatic rings. The molecule has 0 fully saturated rings. The lowest BCUT2D eigenvalue weighted by Gasteiger charge is -2.28. The number of carbonyl (C=O) groups is 1. The van der Waals surface area contributed by atoms with Crippen molar-refractivity contribution in [3.05, 3.63) is 102 Å². The van der Waals surface area contributed by atoms with Gasteiger partial charge in [0.05, 0.1) is 17.4 Å². The summed E-state index contributed by atoms with van der Waals surface area (Å²) in [7, 11) is 0. The second kappa shape index (κ2) is 9.37. The summed E-state index contributed by atoms with van der Waals surface area (Å²) in [6, 6.07) is 29.6. The number of amides is 1. The topological polar surface area (TPSA) is 64.9 Å². The highest BCUT2D eigenvalue weighted by atomic mass is 16.3. The van der Waals surface area contributed by atoms with Crippen LogP contribution in [0.3, 0.4) is 0 Å². The molecule has 2 unspecified atom stereocenters. The van der Waals surface area contributed by atoms with E-state index in [1.807, 2.05) is 96.0 Å². The van der Waals surface area contributed by atoms with Crippen LogP contribution in [0.1, 0.15) is 23.6 Å². The maximum atomic E-state index is 13.4. The van der Waals surface area contributed by atoms with E-state index in [1.165, 1.54) is 0 Å². The maximum Gasteiger partial charge on any atom is 0.231 e. The first-order valence-electron chi connectivity index (χ1n) is 10.2. The molecule has 1 aliphatic heterocycles. The number of carbonyl (C=O) groups excluding carboxylic acids is 1. The molecule has 0 bridgehead atoms. The van der Waals surface area contributed by atoms with Crippen LogP contribution in [0.25, 0.3) is 0 Å². The van der Waals surface area contributed by atoms with E-state index in [0.717, 1.165) is 22.5 Å². The van der Waals surface area contributed by atoms with Crippen molar-refractivity contribution in [3.63, 3.8) is 0 Å². The maximum absolute atomic E-state index is 13.4. The first kappa shape index (κ1) is 19.9. The number of hydrogen-bond acceptors (Lipinski definition) is 4. The first-order valence-corrected chi connectivity index (χ1v) is 10.2. The molecule has 152 valence electrons. The van der Waals surface area contributed by atoms with Crippen molar-refractivity contribution in [2.75, 3.05) is 18.2 Å².